The van der Waals surface area contributed by atoms with Gasteiger partial charge in [-0.1, -0.05) is 0 Å². The number of carbonyl (C=O) groups excluding carboxylic acids is 1. The number of furan rings is 1. The molecule has 1 aromatic rings. The summed E-state index contributed by atoms with van der Waals surface area (Å²) in [6.07, 6.45) is 7.28. The molecule has 3 heterocycles. The minimum Gasteiger partial charge on any atom is -0.465 e. The maximum atomic E-state index is 13.1. The van der Waals surface area contributed by atoms with Crippen LogP contribution in [0.3, 0.4) is 0 Å². The topological polar surface area (TPSA) is 56.9 Å². The first kappa shape index (κ1) is 16.2. The molecule has 0 spiro atoms. The van der Waals surface area contributed by atoms with Crippen LogP contribution in [-0.2, 0) is 12.8 Å². The summed E-state index contributed by atoms with van der Waals surface area (Å²) in [6, 6.07) is 0. The minimum atomic E-state index is -0.752. The first-order valence-electron chi connectivity index (χ1n) is 9.41. The number of aryl methyl sites for hydroxylation is 2. The van der Waals surface area contributed by atoms with Crippen molar-refractivity contribution < 1.29 is 14.3 Å². The molecule has 0 aromatic carbocycles. The maximum absolute atomic E-state index is 13.1. The molecule has 0 saturated carbocycles. The van der Waals surface area contributed by atoms with Crippen LogP contribution in [0.1, 0.15) is 59.5 Å². The van der Waals surface area contributed by atoms with Crippen LogP contribution < -0.4 is 0 Å². The normalized spacial score (nSPS) is 27.7. The summed E-state index contributed by atoms with van der Waals surface area (Å²) in [7, 11) is 0. The van der Waals surface area contributed by atoms with Crippen molar-refractivity contribution >= 4 is 5.91 Å². The summed E-state index contributed by atoms with van der Waals surface area (Å²) in [6.45, 7) is 5.83. The zero-order chi connectivity index (χ0) is 16.7. The first-order chi connectivity index (χ1) is 11.6. The van der Waals surface area contributed by atoms with E-state index in [1.54, 1.807) is 0 Å². The summed E-state index contributed by atoms with van der Waals surface area (Å²) < 4.78 is 5.86. The summed E-state index contributed by atoms with van der Waals surface area (Å²) in [5.74, 6) is 1.81. The number of carbonyl (C=O) groups is 1. The Morgan fingerprint density at radius 2 is 1.92 bits per heavy atom. The Balaban J connectivity index is 1.49. The van der Waals surface area contributed by atoms with E-state index < -0.39 is 5.60 Å². The Morgan fingerprint density at radius 1 is 1.17 bits per heavy atom. The Bertz CT molecular complexity index is 633. The standard InChI is InChI=1S/C19H28N2O3/c1-14-17(15-6-2-3-7-16(15)24-14)18(22)21-11-8-19(23,13-21)12-20-9-4-5-10-20/h23H,2-13H2,1H3/t19-/m0/s1. The highest BCUT2D eigenvalue weighted by Gasteiger charge is 2.41. The van der Waals surface area contributed by atoms with E-state index in [1.165, 1.54) is 12.8 Å². The second-order valence-corrected chi connectivity index (χ2v) is 7.83. The molecule has 0 bridgehead atoms. The average Bonchev–Trinajstić information content (AvgIpc) is 3.25. The summed E-state index contributed by atoms with van der Waals surface area (Å²) in [4.78, 5) is 17.2. The predicted molar refractivity (Wildman–Crippen MR) is 91.2 cm³/mol. The van der Waals surface area contributed by atoms with Crippen LogP contribution in [0, 0.1) is 6.92 Å². The van der Waals surface area contributed by atoms with Crippen molar-refractivity contribution in [3.63, 3.8) is 0 Å². The highest BCUT2D eigenvalue weighted by atomic mass is 16.3. The molecule has 1 atom stereocenters. The van der Waals surface area contributed by atoms with Crippen molar-refractivity contribution in [3.8, 4) is 0 Å². The molecule has 2 fully saturated rings. The smallest absolute Gasteiger partial charge is 0.257 e. The molecule has 3 aliphatic rings. The van der Waals surface area contributed by atoms with E-state index in [2.05, 4.69) is 4.90 Å². The molecule has 24 heavy (non-hydrogen) atoms. The molecule has 1 aliphatic carbocycles. The number of hydrogen-bond donors (Lipinski definition) is 1. The number of aliphatic hydroxyl groups is 1. The number of amides is 1. The molecule has 1 amide bonds. The van der Waals surface area contributed by atoms with Crippen LogP contribution >= 0.6 is 0 Å². The van der Waals surface area contributed by atoms with Gasteiger partial charge >= 0.3 is 0 Å². The molecule has 2 saturated heterocycles. The molecule has 132 valence electrons. The lowest BCUT2D eigenvalue weighted by Crippen LogP contribution is -2.45. The number of fused-ring (bicyclic) bond motifs is 1. The predicted octanol–water partition coefficient (Wildman–Crippen LogP) is 2.14. The molecular weight excluding hydrogens is 304 g/mol. The Kier molecular flexibility index (Phi) is 4.17. The van der Waals surface area contributed by atoms with Gasteiger partial charge in [-0.15, -0.1) is 0 Å². The van der Waals surface area contributed by atoms with E-state index in [0.717, 1.165) is 61.4 Å². The Labute approximate surface area is 143 Å². The molecule has 2 aliphatic heterocycles. The average molecular weight is 332 g/mol. The lowest BCUT2D eigenvalue weighted by molar-refractivity contribution is 0.0175. The molecular formula is C19H28N2O3. The van der Waals surface area contributed by atoms with Gasteiger partial charge < -0.3 is 19.3 Å². The minimum absolute atomic E-state index is 0.0525. The van der Waals surface area contributed by atoms with Crippen molar-refractivity contribution in [2.24, 2.45) is 0 Å². The molecule has 4 rings (SSSR count). The fraction of sp³-hybridized carbons (Fsp3) is 0.737. The second kappa shape index (κ2) is 6.19. The molecule has 0 unspecified atom stereocenters. The molecule has 5 heteroatoms. The van der Waals surface area contributed by atoms with Gasteiger partial charge in [0.05, 0.1) is 17.7 Å². The van der Waals surface area contributed by atoms with Gasteiger partial charge in [-0.2, -0.15) is 0 Å². The number of nitrogens with zero attached hydrogens (tertiary/aromatic N) is 2. The fourth-order valence-electron chi connectivity index (χ4n) is 4.66. The first-order valence-corrected chi connectivity index (χ1v) is 9.41. The highest BCUT2D eigenvalue weighted by Crippen LogP contribution is 2.32. The number of rotatable bonds is 3. The number of β-amino-alcohol motifs (C(OH)–C–C–N with tert-alkyl or cyclic N) is 1. The van der Waals surface area contributed by atoms with Crippen molar-refractivity contribution in [2.45, 2.75) is 57.5 Å². The third kappa shape index (κ3) is 2.88. The SMILES string of the molecule is Cc1oc2c(c1C(=O)N1CC[C@](O)(CN3CCCC3)C1)CCCC2. The third-order valence-corrected chi connectivity index (χ3v) is 5.90. The molecule has 5 nitrogen and oxygen atoms in total. The van der Waals surface area contributed by atoms with Crippen LogP contribution in [0.2, 0.25) is 0 Å². The summed E-state index contributed by atoms with van der Waals surface area (Å²) >= 11 is 0. The second-order valence-electron chi connectivity index (χ2n) is 7.83. The zero-order valence-electron chi connectivity index (χ0n) is 14.6. The van der Waals surface area contributed by atoms with Crippen molar-refractivity contribution in [3.05, 3.63) is 22.6 Å². The van der Waals surface area contributed by atoms with Crippen LogP contribution in [0.25, 0.3) is 0 Å². The van der Waals surface area contributed by atoms with E-state index in [9.17, 15) is 9.90 Å². The Hall–Kier alpha value is -1.33. The fourth-order valence-corrected chi connectivity index (χ4v) is 4.66. The van der Waals surface area contributed by atoms with E-state index in [4.69, 9.17) is 4.42 Å². The van der Waals surface area contributed by atoms with Gasteiger partial charge in [0, 0.05) is 25.1 Å². The number of hydrogen-bond acceptors (Lipinski definition) is 4. The lowest BCUT2D eigenvalue weighted by Gasteiger charge is -2.28. The van der Waals surface area contributed by atoms with Crippen LogP contribution in [0.15, 0.2) is 4.42 Å². The van der Waals surface area contributed by atoms with Crippen LogP contribution in [0.4, 0.5) is 0 Å². The number of likely N-dealkylation sites (tertiary alicyclic amines) is 2. The van der Waals surface area contributed by atoms with Gasteiger partial charge in [0.25, 0.3) is 5.91 Å². The van der Waals surface area contributed by atoms with Crippen molar-refractivity contribution in [1.29, 1.82) is 0 Å². The molecule has 1 N–H and O–H groups in total. The van der Waals surface area contributed by atoms with E-state index in [1.807, 2.05) is 11.8 Å². The van der Waals surface area contributed by atoms with E-state index >= 15 is 0 Å². The summed E-state index contributed by atoms with van der Waals surface area (Å²) in [5, 5.41) is 10.9. The van der Waals surface area contributed by atoms with Gasteiger partial charge in [0.15, 0.2) is 0 Å². The van der Waals surface area contributed by atoms with Gasteiger partial charge in [0.1, 0.15) is 11.5 Å². The lowest BCUT2D eigenvalue weighted by atomic mass is 9.94. The monoisotopic (exact) mass is 332 g/mol. The summed E-state index contributed by atoms with van der Waals surface area (Å²) in [5.41, 5.74) is 1.14. The van der Waals surface area contributed by atoms with Crippen LogP contribution in [0.5, 0.6) is 0 Å². The quantitative estimate of drug-likeness (QED) is 0.921. The van der Waals surface area contributed by atoms with Gasteiger partial charge in [0.2, 0.25) is 0 Å². The van der Waals surface area contributed by atoms with E-state index in [0.29, 0.717) is 26.1 Å². The van der Waals surface area contributed by atoms with Gasteiger partial charge in [-0.05, 0) is 58.5 Å². The van der Waals surface area contributed by atoms with Crippen molar-refractivity contribution in [2.75, 3.05) is 32.7 Å². The van der Waals surface area contributed by atoms with E-state index in [-0.39, 0.29) is 5.91 Å². The maximum Gasteiger partial charge on any atom is 0.257 e. The Morgan fingerprint density at radius 3 is 2.71 bits per heavy atom. The van der Waals surface area contributed by atoms with Gasteiger partial charge in [-0.3, -0.25) is 4.79 Å². The highest BCUT2D eigenvalue weighted by molar-refractivity contribution is 5.97. The van der Waals surface area contributed by atoms with Gasteiger partial charge in [-0.25, -0.2) is 0 Å². The molecule has 0 radical (unpaired) electrons. The van der Waals surface area contributed by atoms with Crippen LogP contribution in [-0.4, -0.2) is 59.1 Å². The zero-order valence-corrected chi connectivity index (χ0v) is 14.6. The third-order valence-electron chi connectivity index (χ3n) is 5.90. The molecule has 1 aromatic heterocycles. The van der Waals surface area contributed by atoms with Crippen molar-refractivity contribution in [1.82, 2.24) is 9.80 Å². The largest absolute Gasteiger partial charge is 0.465 e.